The van der Waals surface area contributed by atoms with Gasteiger partial charge in [-0.15, -0.1) is 0 Å². The molecule has 0 aromatic carbocycles. The standard InChI is InChI=1S/C11H16N6O4/c12-5-7(20)8(4(19)1-18)21-11(5)17-3-16-6-9(13)14-2-15-10(6)17/h2-5,7-8,11,18-20H,1,12H2,(H2,13,14,15)/t4-,5-,7+,8+,11-/m1/s1. The molecule has 1 fully saturated rings. The Bertz CT molecular complexity index is 649. The van der Waals surface area contributed by atoms with Crippen LogP contribution in [0, 0.1) is 0 Å². The van der Waals surface area contributed by atoms with E-state index in [4.69, 9.17) is 21.3 Å². The minimum absolute atomic E-state index is 0.220. The number of aliphatic hydroxyl groups is 3. The lowest BCUT2D eigenvalue weighted by atomic mass is 10.0. The molecule has 0 saturated carbocycles. The first-order valence-corrected chi connectivity index (χ1v) is 6.35. The number of aromatic nitrogens is 4. The van der Waals surface area contributed by atoms with E-state index in [1.165, 1.54) is 17.2 Å². The maximum absolute atomic E-state index is 10.0. The van der Waals surface area contributed by atoms with E-state index in [9.17, 15) is 10.2 Å². The predicted octanol–water partition coefficient (Wildman–Crippen LogP) is -2.65. The molecular weight excluding hydrogens is 280 g/mol. The molecule has 3 rings (SSSR count). The monoisotopic (exact) mass is 296 g/mol. The smallest absolute Gasteiger partial charge is 0.167 e. The molecule has 1 aliphatic rings. The topological polar surface area (TPSA) is 166 Å². The molecule has 2 aromatic heterocycles. The van der Waals surface area contributed by atoms with Gasteiger partial charge in [0, 0.05) is 0 Å². The molecule has 2 aromatic rings. The highest BCUT2D eigenvalue weighted by Gasteiger charge is 2.46. The molecule has 0 unspecified atom stereocenters. The number of nitrogen functional groups attached to an aromatic ring is 1. The first-order chi connectivity index (χ1) is 10.0. The average molecular weight is 296 g/mol. The highest BCUT2D eigenvalue weighted by molar-refractivity contribution is 5.81. The van der Waals surface area contributed by atoms with Gasteiger partial charge in [0.15, 0.2) is 17.7 Å². The fraction of sp³-hybridized carbons (Fsp3) is 0.545. The third-order valence-corrected chi connectivity index (χ3v) is 3.58. The first-order valence-electron chi connectivity index (χ1n) is 6.35. The van der Waals surface area contributed by atoms with Crippen LogP contribution in [-0.4, -0.2) is 65.8 Å². The lowest BCUT2D eigenvalue weighted by Crippen LogP contribution is -2.43. The van der Waals surface area contributed by atoms with Crippen molar-refractivity contribution in [3.8, 4) is 0 Å². The van der Waals surface area contributed by atoms with Gasteiger partial charge in [-0.05, 0) is 0 Å². The number of aliphatic hydroxyl groups excluding tert-OH is 3. The van der Waals surface area contributed by atoms with Crippen LogP contribution < -0.4 is 11.5 Å². The third kappa shape index (κ3) is 2.13. The van der Waals surface area contributed by atoms with E-state index in [-0.39, 0.29) is 5.82 Å². The van der Waals surface area contributed by atoms with Gasteiger partial charge in [0.05, 0.1) is 19.0 Å². The normalized spacial score (nSPS) is 30.9. The van der Waals surface area contributed by atoms with Gasteiger partial charge in [-0.2, -0.15) is 0 Å². The number of nitrogens with zero attached hydrogens (tertiary/aromatic N) is 4. The molecule has 0 spiro atoms. The van der Waals surface area contributed by atoms with Gasteiger partial charge in [0.25, 0.3) is 0 Å². The number of ether oxygens (including phenoxy) is 1. The van der Waals surface area contributed by atoms with Crippen LogP contribution in [0.15, 0.2) is 12.7 Å². The summed E-state index contributed by atoms with van der Waals surface area (Å²) in [5, 5.41) is 28.7. The van der Waals surface area contributed by atoms with E-state index in [0.29, 0.717) is 11.2 Å². The minimum atomic E-state index is -1.23. The lowest BCUT2D eigenvalue weighted by Gasteiger charge is -2.19. The molecule has 0 aliphatic carbocycles. The van der Waals surface area contributed by atoms with Crippen molar-refractivity contribution in [3.05, 3.63) is 12.7 Å². The molecule has 114 valence electrons. The number of nitrogens with two attached hydrogens (primary N) is 2. The Morgan fingerprint density at radius 1 is 1.38 bits per heavy atom. The molecule has 0 bridgehead atoms. The largest absolute Gasteiger partial charge is 0.394 e. The summed E-state index contributed by atoms with van der Waals surface area (Å²) in [5.74, 6) is 0.220. The molecule has 5 atom stereocenters. The van der Waals surface area contributed by atoms with Crippen molar-refractivity contribution >= 4 is 17.0 Å². The number of rotatable bonds is 3. The molecular formula is C11H16N6O4. The molecule has 10 heteroatoms. The van der Waals surface area contributed by atoms with E-state index < -0.39 is 37.2 Å². The van der Waals surface area contributed by atoms with E-state index in [2.05, 4.69) is 15.0 Å². The second kappa shape index (κ2) is 5.16. The molecule has 3 heterocycles. The van der Waals surface area contributed by atoms with Gasteiger partial charge < -0.3 is 31.5 Å². The summed E-state index contributed by atoms with van der Waals surface area (Å²) >= 11 is 0. The molecule has 1 saturated heterocycles. The van der Waals surface area contributed by atoms with Gasteiger partial charge >= 0.3 is 0 Å². The Morgan fingerprint density at radius 2 is 2.14 bits per heavy atom. The van der Waals surface area contributed by atoms with Crippen LogP contribution in [0.4, 0.5) is 5.82 Å². The van der Waals surface area contributed by atoms with Crippen LogP contribution in [0.25, 0.3) is 11.2 Å². The molecule has 7 N–H and O–H groups in total. The molecule has 21 heavy (non-hydrogen) atoms. The van der Waals surface area contributed by atoms with Crippen molar-refractivity contribution in [1.82, 2.24) is 19.5 Å². The van der Waals surface area contributed by atoms with E-state index in [1.54, 1.807) is 0 Å². The molecule has 1 aliphatic heterocycles. The molecule has 10 nitrogen and oxygen atoms in total. The highest BCUT2D eigenvalue weighted by atomic mass is 16.5. The van der Waals surface area contributed by atoms with Crippen molar-refractivity contribution in [1.29, 1.82) is 0 Å². The maximum Gasteiger partial charge on any atom is 0.167 e. The Labute approximate surface area is 119 Å². The van der Waals surface area contributed by atoms with Gasteiger partial charge in [0.1, 0.15) is 30.2 Å². The minimum Gasteiger partial charge on any atom is -0.394 e. The van der Waals surface area contributed by atoms with Crippen LogP contribution >= 0.6 is 0 Å². The van der Waals surface area contributed by atoms with Gasteiger partial charge in [-0.1, -0.05) is 0 Å². The number of hydrogen-bond donors (Lipinski definition) is 5. The summed E-state index contributed by atoms with van der Waals surface area (Å²) in [6.45, 7) is -0.541. The lowest BCUT2D eigenvalue weighted by molar-refractivity contribution is -0.0950. The maximum atomic E-state index is 10.0. The number of hydrogen-bond acceptors (Lipinski definition) is 9. The van der Waals surface area contributed by atoms with Gasteiger partial charge in [-0.3, -0.25) is 4.57 Å². The van der Waals surface area contributed by atoms with E-state index in [0.717, 1.165) is 0 Å². The number of anilines is 1. The van der Waals surface area contributed by atoms with Gasteiger partial charge in [-0.25, -0.2) is 15.0 Å². The highest BCUT2D eigenvalue weighted by Crippen LogP contribution is 2.32. The summed E-state index contributed by atoms with van der Waals surface area (Å²) in [6, 6.07) is -0.815. The Morgan fingerprint density at radius 3 is 2.86 bits per heavy atom. The Hall–Kier alpha value is -1.85. The summed E-state index contributed by atoms with van der Waals surface area (Å²) in [6.07, 6.45) is -1.43. The summed E-state index contributed by atoms with van der Waals surface area (Å²) < 4.78 is 7.09. The average Bonchev–Trinajstić information content (AvgIpc) is 3.02. The molecule has 0 amide bonds. The van der Waals surface area contributed by atoms with E-state index >= 15 is 0 Å². The molecule has 0 radical (unpaired) electrons. The Balaban J connectivity index is 1.98. The van der Waals surface area contributed by atoms with Crippen molar-refractivity contribution in [2.45, 2.75) is 30.6 Å². The van der Waals surface area contributed by atoms with E-state index in [1.807, 2.05) is 0 Å². The zero-order valence-corrected chi connectivity index (χ0v) is 10.9. The third-order valence-electron chi connectivity index (χ3n) is 3.58. The zero-order chi connectivity index (χ0) is 15.1. The fourth-order valence-electron chi connectivity index (χ4n) is 2.45. The quantitative estimate of drug-likeness (QED) is 0.406. The van der Waals surface area contributed by atoms with Crippen molar-refractivity contribution in [3.63, 3.8) is 0 Å². The van der Waals surface area contributed by atoms with Crippen molar-refractivity contribution < 1.29 is 20.1 Å². The van der Waals surface area contributed by atoms with Crippen molar-refractivity contribution in [2.75, 3.05) is 12.3 Å². The van der Waals surface area contributed by atoms with Crippen LogP contribution in [0.2, 0.25) is 0 Å². The number of imidazole rings is 1. The second-order valence-electron chi connectivity index (χ2n) is 4.89. The van der Waals surface area contributed by atoms with Crippen LogP contribution in [-0.2, 0) is 4.74 Å². The SMILES string of the molecule is Nc1ncnc2c1ncn2[C@@H]1O[C@@H]([C@H](O)CO)[C@@H](O)[C@H]1N. The predicted molar refractivity (Wildman–Crippen MR) is 70.7 cm³/mol. The number of fused-ring (bicyclic) bond motifs is 1. The van der Waals surface area contributed by atoms with Crippen LogP contribution in [0.5, 0.6) is 0 Å². The fourth-order valence-corrected chi connectivity index (χ4v) is 2.45. The van der Waals surface area contributed by atoms with Crippen LogP contribution in [0.3, 0.4) is 0 Å². The van der Waals surface area contributed by atoms with Crippen molar-refractivity contribution in [2.24, 2.45) is 5.73 Å². The van der Waals surface area contributed by atoms with Gasteiger partial charge in [0.2, 0.25) is 0 Å². The van der Waals surface area contributed by atoms with Crippen LogP contribution in [0.1, 0.15) is 6.23 Å². The summed E-state index contributed by atoms with van der Waals surface area (Å²) in [7, 11) is 0. The second-order valence-corrected chi connectivity index (χ2v) is 4.89. The Kier molecular flexibility index (Phi) is 3.47. The summed E-state index contributed by atoms with van der Waals surface area (Å²) in [5.41, 5.74) is 12.4. The zero-order valence-electron chi connectivity index (χ0n) is 10.9. The summed E-state index contributed by atoms with van der Waals surface area (Å²) in [4.78, 5) is 12.0. The first kappa shape index (κ1) is 14.1.